The Kier molecular flexibility index (Phi) is 4.81. The van der Waals surface area contributed by atoms with Gasteiger partial charge in [-0.15, -0.1) is 0 Å². The van der Waals surface area contributed by atoms with Crippen molar-refractivity contribution >= 4 is 23.0 Å². The lowest BCUT2D eigenvalue weighted by molar-refractivity contribution is -0.115. The summed E-state index contributed by atoms with van der Waals surface area (Å²) in [5.41, 5.74) is 0.967. The van der Waals surface area contributed by atoms with Crippen LogP contribution in [0, 0.1) is 11.8 Å². The van der Waals surface area contributed by atoms with Crippen LogP contribution in [-0.2, 0) is 11.2 Å². The average Bonchev–Trinajstić information content (AvgIpc) is 3.39. The highest BCUT2D eigenvalue weighted by Gasteiger charge is 2.40. The second-order valence-electron chi connectivity index (χ2n) is 7.35. The van der Waals surface area contributed by atoms with E-state index in [1.807, 2.05) is 36.4 Å². The zero-order valence-corrected chi connectivity index (χ0v) is 15.7. The van der Waals surface area contributed by atoms with E-state index in [1.165, 1.54) is 19.3 Å². The number of carbonyl (C=O) groups is 1. The SMILES string of the molecule is COc1ccc(-c2ccc(CC(=S)C(=O)NC3CC4CCC3C4)o2)cc1. The summed E-state index contributed by atoms with van der Waals surface area (Å²) < 4.78 is 11.0. The van der Waals surface area contributed by atoms with E-state index in [0.717, 1.165) is 29.4 Å². The number of fused-ring (bicyclic) bond motifs is 2. The van der Waals surface area contributed by atoms with Gasteiger partial charge in [-0.1, -0.05) is 18.6 Å². The van der Waals surface area contributed by atoms with Gasteiger partial charge in [0.1, 0.15) is 17.3 Å². The van der Waals surface area contributed by atoms with Crippen LogP contribution in [0.15, 0.2) is 40.8 Å². The van der Waals surface area contributed by atoms with Gasteiger partial charge in [0.05, 0.1) is 12.0 Å². The van der Waals surface area contributed by atoms with Crippen LogP contribution < -0.4 is 10.1 Å². The molecule has 26 heavy (non-hydrogen) atoms. The molecule has 0 radical (unpaired) electrons. The van der Waals surface area contributed by atoms with Gasteiger partial charge >= 0.3 is 0 Å². The van der Waals surface area contributed by atoms with E-state index in [-0.39, 0.29) is 5.91 Å². The van der Waals surface area contributed by atoms with Gasteiger partial charge in [-0.3, -0.25) is 4.79 Å². The van der Waals surface area contributed by atoms with Crippen LogP contribution in [0.25, 0.3) is 11.3 Å². The second kappa shape index (κ2) is 7.23. The molecule has 0 spiro atoms. The fraction of sp³-hybridized carbons (Fsp3) is 0.429. The summed E-state index contributed by atoms with van der Waals surface area (Å²) in [4.78, 5) is 12.8. The van der Waals surface area contributed by atoms with E-state index < -0.39 is 0 Å². The molecule has 2 fully saturated rings. The maximum Gasteiger partial charge on any atom is 0.258 e. The number of amides is 1. The predicted molar refractivity (Wildman–Crippen MR) is 104 cm³/mol. The van der Waals surface area contributed by atoms with Gasteiger partial charge in [0.2, 0.25) is 0 Å². The molecule has 0 aliphatic heterocycles. The Morgan fingerprint density at radius 2 is 2.00 bits per heavy atom. The third-order valence-corrected chi connectivity index (χ3v) is 6.01. The first-order valence-corrected chi connectivity index (χ1v) is 9.60. The zero-order chi connectivity index (χ0) is 18.1. The molecule has 5 heteroatoms. The lowest BCUT2D eigenvalue weighted by Gasteiger charge is -2.22. The quantitative estimate of drug-likeness (QED) is 0.777. The summed E-state index contributed by atoms with van der Waals surface area (Å²) in [6, 6.07) is 11.8. The van der Waals surface area contributed by atoms with Crippen molar-refractivity contribution in [2.45, 2.75) is 38.1 Å². The molecule has 1 N–H and O–H groups in total. The van der Waals surface area contributed by atoms with Gasteiger partial charge in [-0.05, 0) is 67.5 Å². The Bertz CT molecular complexity index is 811. The minimum Gasteiger partial charge on any atom is -0.497 e. The molecule has 1 aromatic carbocycles. The number of hydrogen-bond acceptors (Lipinski definition) is 4. The molecule has 2 aliphatic carbocycles. The van der Waals surface area contributed by atoms with Crippen molar-refractivity contribution in [2.24, 2.45) is 11.8 Å². The normalized spacial score (nSPS) is 23.8. The van der Waals surface area contributed by atoms with E-state index >= 15 is 0 Å². The van der Waals surface area contributed by atoms with Gasteiger partial charge < -0.3 is 14.5 Å². The monoisotopic (exact) mass is 369 g/mol. The maximum atomic E-state index is 12.4. The highest BCUT2D eigenvalue weighted by Crippen LogP contribution is 2.44. The minimum atomic E-state index is -0.111. The molecule has 3 unspecified atom stereocenters. The predicted octanol–water partition coefficient (Wildman–Crippen LogP) is 4.17. The number of benzene rings is 1. The third-order valence-electron chi connectivity index (χ3n) is 5.68. The summed E-state index contributed by atoms with van der Waals surface area (Å²) in [5.74, 6) is 3.62. The van der Waals surface area contributed by atoms with Gasteiger partial charge in [0, 0.05) is 18.0 Å². The van der Waals surface area contributed by atoms with E-state index in [1.54, 1.807) is 7.11 Å². The number of furan rings is 1. The summed E-state index contributed by atoms with van der Waals surface area (Å²) in [7, 11) is 1.64. The van der Waals surface area contributed by atoms with Gasteiger partial charge in [0.15, 0.2) is 0 Å². The largest absolute Gasteiger partial charge is 0.497 e. The zero-order valence-electron chi connectivity index (χ0n) is 14.9. The van der Waals surface area contributed by atoms with Crippen LogP contribution in [0.3, 0.4) is 0 Å². The minimum absolute atomic E-state index is 0.111. The molecule has 1 aromatic heterocycles. The summed E-state index contributed by atoms with van der Waals surface area (Å²) in [6.07, 6.45) is 5.30. The molecular formula is C21H23NO3S. The second-order valence-corrected chi connectivity index (χ2v) is 7.84. The standard InChI is InChI=1S/C21H23NO3S/c1-24-16-6-4-14(5-7-16)19-9-8-17(25-19)12-20(26)21(23)22-18-11-13-2-3-15(18)10-13/h4-9,13,15,18H,2-3,10-12H2,1H3,(H,22,23). The van der Waals surface area contributed by atoms with Crippen LogP contribution in [0.5, 0.6) is 5.75 Å². The summed E-state index contributed by atoms with van der Waals surface area (Å²) in [6.45, 7) is 0. The Morgan fingerprint density at radius 3 is 2.65 bits per heavy atom. The van der Waals surface area contributed by atoms with E-state index in [2.05, 4.69) is 5.32 Å². The van der Waals surface area contributed by atoms with E-state index in [0.29, 0.717) is 29.0 Å². The molecule has 1 amide bonds. The molecule has 2 aliphatic rings. The van der Waals surface area contributed by atoms with Crippen LogP contribution in [0.1, 0.15) is 31.4 Å². The lowest BCUT2D eigenvalue weighted by Crippen LogP contribution is -2.42. The number of nitrogens with one attached hydrogen (secondary N) is 1. The maximum absolute atomic E-state index is 12.4. The van der Waals surface area contributed by atoms with Gasteiger partial charge in [0.25, 0.3) is 5.91 Å². The number of methoxy groups -OCH3 is 1. The molecule has 2 aromatic rings. The van der Waals surface area contributed by atoms with E-state index in [9.17, 15) is 4.79 Å². The lowest BCUT2D eigenvalue weighted by atomic mass is 9.95. The topological polar surface area (TPSA) is 51.5 Å². The Hall–Kier alpha value is -2.14. The first-order chi connectivity index (χ1) is 12.6. The average molecular weight is 369 g/mol. The molecule has 2 saturated carbocycles. The highest BCUT2D eigenvalue weighted by molar-refractivity contribution is 7.82. The number of ether oxygens (including phenoxy) is 1. The first-order valence-electron chi connectivity index (χ1n) is 9.19. The van der Waals surface area contributed by atoms with Crippen LogP contribution in [0.4, 0.5) is 0 Å². The smallest absolute Gasteiger partial charge is 0.258 e. The highest BCUT2D eigenvalue weighted by atomic mass is 32.1. The summed E-state index contributed by atoms with van der Waals surface area (Å²) in [5, 5.41) is 3.15. The van der Waals surface area contributed by atoms with Crippen molar-refractivity contribution < 1.29 is 13.9 Å². The molecule has 3 atom stereocenters. The molecule has 2 bridgehead atoms. The molecule has 4 rings (SSSR count). The first kappa shape index (κ1) is 17.3. The molecular weight excluding hydrogens is 346 g/mol. The third kappa shape index (κ3) is 3.54. The fourth-order valence-corrected chi connectivity index (χ4v) is 4.49. The number of thiocarbonyl (C=S) groups is 1. The van der Waals surface area contributed by atoms with Crippen molar-refractivity contribution in [3.05, 3.63) is 42.2 Å². The fourth-order valence-electron chi connectivity index (χ4n) is 4.29. The van der Waals surface area contributed by atoms with E-state index in [4.69, 9.17) is 21.4 Å². The number of rotatable bonds is 6. The van der Waals surface area contributed by atoms with Gasteiger partial charge in [-0.25, -0.2) is 0 Å². The van der Waals surface area contributed by atoms with Crippen molar-refractivity contribution in [2.75, 3.05) is 7.11 Å². The Labute approximate surface area is 158 Å². The number of hydrogen-bond donors (Lipinski definition) is 1. The summed E-state index contributed by atoms with van der Waals surface area (Å²) >= 11 is 5.35. The van der Waals surface area contributed by atoms with Crippen LogP contribution >= 0.6 is 12.2 Å². The van der Waals surface area contributed by atoms with Crippen molar-refractivity contribution in [1.29, 1.82) is 0 Å². The van der Waals surface area contributed by atoms with Crippen molar-refractivity contribution in [1.82, 2.24) is 5.32 Å². The molecule has 0 saturated heterocycles. The van der Waals surface area contributed by atoms with Gasteiger partial charge in [-0.2, -0.15) is 0 Å². The molecule has 1 heterocycles. The molecule has 4 nitrogen and oxygen atoms in total. The molecule has 136 valence electrons. The van der Waals surface area contributed by atoms with Crippen LogP contribution in [-0.4, -0.2) is 23.9 Å². The van der Waals surface area contributed by atoms with Crippen molar-refractivity contribution in [3.8, 4) is 17.1 Å². The Morgan fingerprint density at radius 1 is 1.19 bits per heavy atom. The number of carbonyl (C=O) groups excluding carboxylic acids is 1. The Balaban J connectivity index is 1.35. The van der Waals surface area contributed by atoms with Crippen molar-refractivity contribution in [3.63, 3.8) is 0 Å². The van der Waals surface area contributed by atoms with Crippen LogP contribution in [0.2, 0.25) is 0 Å².